The van der Waals surface area contributed by atoms with Gasteiger partial charge in [0.25, 0.3) is 0 Å². The van der Waals surface area contributed by atoms with E-state index in [0.29, 0.717) is 11.8 Å². The molecule has 5 nitrogen and oxygen atoms in total. The number of H-pyrrole nitrogens is 1. The fraction of sp³-hybridized carbons (Fsp3) is 0.417. The van der Waals surface area contributed by atoms with Crippen LogP contribution in [0.5, 0.6) is 0 Å². The topological polar surface area (TPSA) is 69.8 Å². The molecule has 0 aliphatic carbocycles. The minimum atomic E-state index is 0.429. The molecular formula is C24H32N4O. The first-order valence-electron chi connectivity index (χ1n) is 10.6. The van der Waals surface area contributed by atoms with Crippen molar-refractivity contribution in [2.75, 3.05) is 19.6 Å². The number of piperidine rings is 1. The Bertz CT molecular complexity index is 899. The van der Waals surface area contributed by atoms with E-state index in [2.05, 4.69) is 71.0 Å². The van der Waals surface area contributed by atoms with Crippen molar-refractivity contribution in [3.8, 4) is 0 Å². The number of benzene rings is 1. The number of hydrogen-bond acceptors (Lipinski definition) is 3. The maximum atomic E-state index is 9.92. The maximum Gasteiger partial charge on any atom is 0.207 e. The van der Waals surface area contributed by atoms with Crippen molar-refractivity contribution < 1.29 is 4.79 Å². The van der Waals surface area contributed by atoms with Crippen molar-refractivity contribution in [2.24, 2.45) is 5.92 Å². The quantitative estimate of drug-likeness (QED) is 0.552. The van der Waals surface area contributed by atoms with Gasteiger partial charge in [-0.2, -0.15) is 0 Å². The van der Waals surface area contributed by atoms with E-state index in [9.17, 15) is 4.79 Å². The summed E-state index contributed by atoms with van der Waals surface area (Å²) in [6, 6.07) is 12.9. The molecule has 1 fully saturated rings. The zero-order valence-corrected chi connectivity index (χ0v) is 17.4. The summed E-state index contributed by atoms with van der Waals surface area (Å²) in [5.74, 6) is 1.13. The molecule has 5 heteroatoms. The fourth-order valence-corrected chi connectivity index (χ4v) is 4.09. The van der Waals surface area contributed by atoms with E-state index in [-0.39, 0.29) is 0 Å². The molecule has 1 aliphatic rings. The number of fused-ring (bicyclic) bond motifs is 1. The number of aromatic nitrogens is 2. The van der Waals surface area contributed by atoms with Crippen LogP contribution in [0.4, 0.5) is 0 Å². The van der Waals surface area contributed by atoms with Gasteiger partial charge in [0.2, 0.25) is 6.41 Å². The van der Waals surface area contributed by atoms with Gasteiger partial charge in [0.1, 0.15) is 5.65 Å². The first kappa shape index (κ1) is 21.1. The Morgan fingerprint density at radius 1 is 1.24 bits per heavy atom. The smallest absolute Gasteiger partial charge is 0.207 e. The Hall–Kier alpha value is -2.66. The number of aryl methyl sites for hydroxylation is 1. The van der Waals surface area contributed by atoms with Gasteiger partial charge in [-0.3, -0.25) is 4.79 Å². The highest BCUT2D eigenvalue weighted by Gasteiger charge is 2.16. The first-order chi connectivity index (χ1) is 14.2. The zero-order chi connectivity index (χ0) is 20.5. The number of pyridine rings is 1. The highest BCUT2D eigenvalue weighted by molar-refractivity contribution is 5.80. The molecule has 1 aliphatic heterocycles. The summed E-state index contributed by atoms with van der Waals surface area (Å²) in [7, 11) is 0. The van der Waals surface area contributed by atoms with Crippen molar-refractivity contribution in [2.45, 2.75) is 39.0 Å². The molecule has 3 aromatic rings. The molecule has 4 rings (SSSR count). The summed E-state index contributed by atoms with van der Waals surface area (Å²) in [6.45, 7) is 7.44. The van der Waals surface area contributed by atoms with Crippen LogP contribution in [0.1, 0.15) is 48.8 Å². The molecule has 0 bridgehead atoms. The van der Waals surface area contributed by atoms with Gasteiger partial charge in [-0.25, -0.2) is 4.98 Å². The molecule has 1 unspecified atom stereocenters. The number of nitrogens with zero attached hydrogens (tertiary/aromatic N) is 1. The predicted octanol–water partition coefficient (Wildman–Crippen LogP) is 4.15. The van der Waals surface area contributed by atoms with Gasteiger partial charge in [-0.1, -0.05) is 36.8 Å². The Morgan fingerprint density at radius 2 is 2.07 bits per heavy atom. The van der Waals surface area contributed by atoms with E-state index in [1.807, 2.05) is 12.3 Å². The molecule has 1 amide bonds. The van der Waals surface area contributed by atoms with Crippen molar-refractivity contribution in [1.82, 2.24) is 20.6 Å². The van der Waals surface area contributed by atoms with Gasteiger partial charge in [0, 0.05) is 30.2 Å². The average molecular weight is 393 g/mol. The Balaban J connectivity index is 0.000000204. The van der Waals surface area contributed by atoms with Gasteiger partial charge in [-0.15, -0.1) is 0 Å². The minimum absolute atomic E-state index is 0.429. The lowest BCUT2D eigenvalue weighted by atomic mass is 9.88. The van der Waals surface area contributed by atoms with E-state index in [0.717, 1.165) is 38.1 Å². The minimum Gasteiger partial charge on any atom is -0.358 e. The summed E-state index contributed by atoms with van der Waals surface area (Å²) in [6.07, 6.45) is 8.19. The highest BCUT2D eigenvalue weighted by atomic mass is 16.1. The van der Waals surface area contributed by atoms with Gasteiger partial charge in [0.15, 0.2) is 0 Å². The van der Waals surface area contributed by atoms with Crippen LogP contribution in [0.15, 0.2) is 48.8 Å². The van der Waals surface area contributed by atoms with Crippen LogP contribution >= 0.6 is 0 Å². The second-order valence-electron chi connectivity index (χ2n) is 7.74. The van der Waals surface area contributed by atoms with Crippen LogP contribution in [0.25, 0.3) is 11.0 Å². The van der Waals surface area contributed by atoms with Crippen LogP contribution in [0.2, 0.25) is 0 Å². The number of amides is 1. The molecule has 3 N–H and O–H groups in total. The summed E-state index contributed by atoms with van der Waals surface area (Å²) >= 11 is 0. The maximum absolute atomic E-state index is 9.92. The van der Waals surface area contributed by atoms with Gasteiger partial charge in [0.05, 0.1) is 0 Å². The molecule has 1 aromatic carbocycles. The van der Waals surface area contributed by atoms with E-state index in [1.165, 1.54) is 34.9 Å². The number of nitrogens with one attached hydrogen (secondary N) is 3. The Morgan fingerprint density at radius 3 is 2.79 bits per heavy atom. The fourth-order valence-electron chi connectivity index (χ4n) is 4.09. The van der Waals surface area contributed by atoms with Crippen LogP contribution in [-0.4, -0.2) is 36.0 Å². The molecule has 3 heterocycles. The molecule has 2 aromatic heterocycles. The predicted molar refractivity (Wildman–Crippen MR) is 119 cm³/mol. The molecule has 154 valence electrons. The summed E-state index contributed by atoms with van der Waals surface area (Å²) in [5.41, 5.74) is 5.01. The Kier molecular flexibility index (Phi) is 7.82. The Labute approximate surface area is 173 Å². The second-order valence-corrected chi connectivity index (χ2v) is 7.74. The van der Waals surface area contributed by atoms with Crippen molar-refractivity contribution in [3.63, 3.8) is 0 Å². The number of hydrogen-bond donors (Lipinski definition) is 3. The third-order valence-electron chi connectivity index (χ3n) is 5.66. The third kappa shape index (κ3) is 5.67. The summed E-state index contributed by atoms with van der Waals surface area (Å²) < 4.78 is 0. The standard InChI is InChI=1S/C17H18N2.C7H14N2O/c1-3-14(13-7-4-6-12(2)10-13)16-11-19-17-15(16)8-5-9-18-17;10-6-9-5-7-1-3-8-4-2-7/h4-11,14H,3H2,1-2H3,(H,18,19);6-8H,1-5H2,(H,9,10). The molecule has 0 radical (unpaired) electrons. The summed E-state index contributed by atoms with van der Waals surface area (Å²) in [4.78, 5) is 17.6. The third-order valence-corrected chi connectivity index (χ3v) is 5.66. The van der Waals surface area contributed by atoms with Crippen molar-refractivity contribution in [3.05, 3.63) is 65.5 Å². The van der Waals surface area contributed by atoms with Crippen LogP contribution in [0.3, 0.4) is 0 Å². The highest BCUT2D eigenvalue weighted by Crippen LogP contribution is 2.32. The largest absolute Gasteiger partial charge is 0.358 e. The van der Waals surface area contributed by atoms with Crippen LogP contribution in [0, 0.1) is 12.8 Å². The lowest BCUT2D eigenvalue weighted by Gasteiger charge is -2.21. The number of aromatic amines is 1. The molecule has 1 atom stereocenters. The molecule has 0 spiro atoms. The van der Waals surface area contributed by atoms with E-state index in [4.69, 9.17) is 0 Å². The number of carbonyl (C=O) groups is 1. The van der Waals surface area contributed by atoms with Crippen LogP contribution in [-0.2, 0) is 4.79 Å². The number of rotatable bonds is 6. The first-order valence-corrected chi connectivity index (χ1v) is 10.6. The van der Waals surface area contributed by atoms with Gasteiger partial charge in [-0.05, 0) is 68.5 Å². The van der Waals surface area contributed by atoms with Gasteiger partial charge < -0.3 is 15.6 Å². The monoisotopic (exact) mass is 392 g/mol. The molecule has 1 saturated heterocycles. The van der Waals surface area contributed by atoms with Gasteiger partial charge >= 0.3 is 0 Å². The SMILES string of the molecule is CCC(c1cccc(C)c1)c1c[nH]c2ncccc12.O=CNCC1CCNCC1. The van der Waals surface area contributed by atoms with E-state index >= 15 is 0 Å². The van der Waals surface area contributed by atoms with E-state index < -0.39 is 0 Å². The second kappa shape index (κ2) is 10.8. The number of carbonyl (C=O) groups excluding carboxylic acids is 1. The van der Waals surface area contributed by atoms with Crippen molar-refractivity contribution >= 4 is 17.4 Å². The lowest BCUT2D eigenvalue weighted by molar-refractivity contribution is -0.109. The molecule has 0 saturated carbocycles. The summed E-state index contributed by atoms with van der Waals surface area (Å²) in [5, 5.41) is 7.22. The molecule has 29 heavy (non-hydrogen) atoms. The normalized spacial score (nSPS) is 15.4. The van der Waals surface area contributed by atoms with Crippen molar-refractivity contribution in [1.29, 1.82) is 0 Å². The molecular weight excluding hydrogens is 360 g/mol. The average Bonchev–Trinajstić information content (AvgIpc) is 3.18. The van der Waals surface area contributed by atoms with E-state index in [1.54, 1.807) is 0 Å². The van der Waals surface area contributed by atoms with Crippen LogP contribution < -0.4 is 10.6 Å². The lowest BCUT2D eigenvalue weighted by Crippen LogP contribution is -2.33. The zero-order valence-electron chi connectivity index (χ0n) is 17.4.